The van der Waals surface area contributed by atoms with E-state index in [1.807, 2.05) is 36.3 Å². The summed E-state index contributed by atoms with van der Waals surface area (Å²) in [4.78, 5) is 6.54. The summed E-state index contributed by atoms with van der Waals surface area (Å²) in [6.07, 6.45) is 3.19. The Bertz CT molecular complexity index is 589. The van der Waals surface area contributed by atoms with Gasteiger partial charge in [0.2, 0.25) is 0 Å². The average molecular weight is 272 g/mol. The number of benzene rings is 1. The molecule has 106 valence electrons. The van der Waals surface area contributed by atoms with Gasteiger partial charge in [-0.25, -0.2) is 4.98 Å². The molecule has 1 aliphatic rings. The van der Waals surface area contributed by atoms with E-state index in [0.717, 1.165) is 11.2 Å². The lowest BCUT2D eigenvalue weighted by atomic mass is 9.94. The highest BCUT2D eigenvalue weighted by molar-refractivity contribution is 5.91. The van der Waals surface area contributed by atoms with Crippen molar-refractivity contribution in [3.63, 3.8) is 0 Å². The Labute approximate surface area is 119 Å². The van der Waals surface area contributed by atoms with Gasteiger partial charge in [-0.2, -0.15) is 0 Å². The maximum Gasteiger partial charge on any atom is 0.136 e. The number of hydrogen-bond donors (Lipinski definition) is 1. The van der Waals surface area contributed by atoms with E-state index >= 15 is 0 Å². The van der Waals surface area contributed by atoms with Crippen molar-refractivity contribution in [3.8, 4) is 0 Å². The molecule has 0 saturated carbocycles. The fraction of sp³-hybridized carbons (Fsp3) is 0.438. The lowest BCUT2D eigenvalue weighted by Crippen LogP contribution is -2.46. The van der Waals surface area contributed by atoms with Crippen molar-refractivity contribution in [3.05, 3.63) is 36.5 Å². The number of aromatic nitrogens is 1. The van der Waals surface area contributed by atoms with Gasteiger partial charge in [-0.3, -0.25) is 0 Å². The normalized spacial score (nSPS) is 18.1. The molecule has 0 bridgehead atoms. The number of aliphatic hydroxyl groups is 1. The van der Waals surface area contributed by atoms with Crippen LogP contribution >= 0.6 is 0 Å². The number of nitrogens with zero attached hydrogens (tertiary/aromatic N) is 2. The minimum Gasteiger partial charge on any atom is -0.388 e. The van der Waals surface area contributed by atoms with E-state index < -0.39 is 5.60 Å². The van der Waals surface area contributed by atoms with Gasteiger partial charge in [0, 0.05) is 51.2 Å². The second-order valence-corrected chi connectivity index (χ2v) is 5.55. The van der Waals surface area contributed by atoms with Crippen molar-refractivity contribution in [2.45, 2.75) is 18.4 Å². The summed E-state index contributed by atoms with van der Waals surface area (Å²) in [5.74, 6) is 0.919. The number of pyridine rings is 1. The summed E-state index contributed by atoms with van der Waals surface area (Å²) in [6.45, 7) is 1.85. The Morgan fingerprint density at radius 1 is 1.25 bits per heavy atom. The number of rotatable bonds is 3. The number of anilines is 1. The summed E-state index contributed by atoms with van der Waals surface area (Å²) >= 11 is 0. The predicted octanol–water partition coefficient (Wildman–Crippen LogP) is 2.21. The van der Waals surface area contributed by atoms with Crippen LogP contribution in [0.15, 0.2) is 36.5 Å². The van der Waals surface area contributed by atoms with Crippen LogP contribution in [0.3, 0.4) is 0 Å². The Morgan fingerprint density at radius 3 is 2.80 bits per heavy atom. The molecule has 1 N–H and O–H groups in total. The predicted molar refractivity (Wildman–Crippen MR) is 80.0 cm³/mol. The van der Waals surface area contributed by atoms with E-state index in [0.29, 0.717) is 32.6 Å². The zero-order valence-electron chi connectivity index (χ0n) is 11.7. The average Bonchev–Trinajstić information content (AvgIpc) is 2.47. The molecule has 0 spiro atoms. The zero-order valence-corrected chi connectivity index (χ0v) is 11.7. The van der Waals surface area contributed by atoms with Gasteiger partial charge in [0.1, 0.15) is 5.82 Å². The molecular weight excluding hydrogens is 252 g/mol. The van der Waals surface area contributed by atoms with Crippen molar-refractivity contribution >= 4 is 16.6 Å². The standard InChI is InChI=1S/C16H20N2O2/c1-18(12-16(19)7-10-20-11-8-16)15-14-5-3-2-4-13(14)6-9-17-15/h2-6,9,19H,7-8,10-12H2,1H3. The summed E-state index contributed by atoms with van der Waals surface area (Å²) in [5.41, 5.74) is -0.675. The Morgan fingerprint density at radius 2 is 2.00 bits per heavy atom. The van der Waals surface area contributed by atoms with Crippen LogP contribution in [0.1, 0.15) is 12.8 Å². The summed E-state index contributed by atoms with van der Waals surface area (Å²) in [7, 11) is 1.99. The smallest absolute Gasteiger partial charge is 0.136 e. The molecule has 3 rings (SSSR count). The Hall–Kier alpha value is -1.65. The van der Waals surface area contributed by atoms with Gasteiger partial charge in [0.25, 0.3) is 0 Å². The molecule has 1 aliphatic heterocycles. The van der Waals surface area contributed by atoms with Crippen molar-refractivity contribution in [2.75, 3.05) is 31.7 Å². The van der Waals surface area contributed by atoms with Crippen LogP contribution in [0, 0.1) is 0 Å². The second-order valence-electron chi connectivity index (χ2n) is 5.55. The first-order chi connectivity index (χ1) is 9.68. The molecule has 0 atom stereocenters. The lowest BCUT2D eigenvalue weighted by Gasteiger charge is -2.36. The van der Waals surface area contributed by atoms with E-state index in [-0.39, 0.29) is 0 Å². The van der Waals surface area contributed by atoms with Gasteiger partial charge in [-0.05, 0) is 11.5 Å². The van der Waals surface area contributed by atoms with Gasteiger partial charge in [0.05, 0.1) is 5.60 Å². The quantitative estimate of drug-likeness (QED) is 0.930. The van der Waals surface area contributed by atoms with Crippen molar-refractivity contribution in [1.29, 1.82) is 0 Å². The first-order valence-electron chi connectivity index (χ1n) is 7.03. The molecule has 0 radical (unpaired) electrons. The van der Waals surface area contributed by atoms with Crippen LogP contribution < -0.4 is 4.90 Å². The molecule has 1 aromatic carbocycles. The highest BCUT2D eigenvalue weighted by atomic mass is 16.5. The molecule has 1 aromatic heterocycles. The summed E-state index contributed by atoms with van der Waals surface area (Å²) < 4.78 is 5.33. The highest BCUT2D eigenvalue weighted by Crippen LogP contribution is 2.27. The monoisotopic (exact) mass is 272 g/mol. The minimum atomic E-state index is -0.675. The third-order valence-electron chi connectivity index (χ3n) is 3.97. The van der Waals surface area contributed by atoms with Crippen molar-refractivity contribution in [1.82, 2.24) is 4.98 Å². The number of hydrogen-bond acceptors (Lipinski definition) is 4. The van der Waals surface area contributed by atoms with Crippen LogP contribution in [0.2, 0.25) is 0 Å². The SMILES string of the molecule is CN(CC1(O)CCOCC1)c1nccc2ccccc12. The highest BCUT2D eigenvalue weighted by Gasteiger charge is 2.31. The van der Waals surface area contributed by atoms with Crippen LogP contribution in [0.5, 0.6) is 0 Å². The molecule has 4 heteroatoms. The van der Waals surface area contributed by atoms with E-state index in [4.69, 9.17) is 4.74 Å². The Kier molecular flexibility index (Phi) is 3.59. The first kappa shape index (κ1) is 13.3. The maximum atomic E-state index is 10.6. The molecule has 4 nitrogen and oxygen atoms in total. The number of ether oxygens (including phenoxy) is 1. The van der Waals surface area contributed by atoms with Gasteiger partial charge < -0.3 is 14.7 Å². The van der Waals surface area contributed by atoms with Crippen LogP contribution in [-0.4, -0.2) is 42.5 Å². The largest absolute Gasteiger partial charge is 0.388 e. The number of likely N-dealkylation sites (N-methyl/N-ethyl adjacent to an activating group) is 1. The van der Waals surface area contributed by atoms with Gasteiger partial charge in [-0.1, -0.05) is 24.3 Å². The van der Waals surface area contributed by atoms with Gasteiger partial charge in [0.15, 0.2) is 0 Å². The molecule has 2 heterocycles. The topological polar surface area (TPSA) is 45.6 Å². The molecule has 20 heavy (non-hydrogen) atoms. The molecule has 1 fully saturated rings. The van der Waals surface area contributed by atoms with Gasteiger partial charge >= 0.3 is 0 Å². The van der Waals surface area contributed by atoms with Crippen LogP contribution in [-0.2, 0) is 4.74 Å². The fourth-order valence-electron chi connectivity index (χ4n) is 2.83. The first-order valence-corrected chi connectivity index (χ1v) is 7.03. The van der Waals surface area contributed by atoms with Crippen molar-refractivity contribution in [2.24, 2.45) is 0 Å². The van der Waals surface area contributed by atoms with E-state index in [1.54, 1.807) is 0 Å². The molecule has 0 unspecified atom stereocenters. The Balaban J connectivity index is 1.87. The molecule has 0 aliphatic carbocycles. The summed E-state index contributed by atoms with van der Waals surface area (Å²) in [6, 6.07) is 10.2. The third kappa shape index (κ3) is 2.62. The molecule has 1 saturated heterocycles. The third-order valence-corrected chi connectivity index (χ3v) is 3.97. The molecular formula is C16H20N2O2. The number of fused-ring (bicyclic) bond motifs is 1. The summed E-state index contributed by atoms with van der Waals surface area (Å²) in [5, 5.41) is 12.9. The maximum absolute atomic E-state index is 10.6. The van der Waals surface area contributed by atoms with E-state index in [2.05, 4.69) is 17.1 Å². The molecule has 2 aromatic rings. The van der Waals surface area contributed by atoms with E-state index in [9.17, 15) is 5.11 Å². The van der Waals surface area contributed by atoms with Crippen LogP contribution in [0.25, 0.3) is 10.8 Å². The van der Waals surface area contributed by atoms with E-state index in [1.165, 1.54) is 5.39 Å². The van der Waals surface area contributed by atoms with Gasteiger partial charge in [-0.15, -0.1) is 0 Å². The fourth-order valence-corrected chi connectivity index (χ4v) is 2.83. The zero-order chi connectivity index (χ0) is 14.0. The van der Waals surface area contributed by atoms with Crippen molar-refractivity contribution < 1.29 is 9.84 Å². The molecule has 0 amide bonds. The van der Waals surface area contributed by atoms with Crippen LogP contribution in [0.4, 0.5) is 5.82 Å². The second kappa shape index (κ2) is 5.38. The minimum absolute atomic E-state index is 0.581. The lowest BCUT2D eigenvalue weighted by molar-refractivity contribution is -0.0573.